The van der Waals surface area contributed by atoms with Crippen LogP contribution in [-0.2, 0) is 17.0 Å². The molecule has 1 saturated heterocycles. The van der Waals surface area contributed by atoms with Crippen LogP contribution in [0.5, 0.6) is 5.75 Å². The van der Waals surface area contributed by atoms with Gasteiger partial charge in [-0.15, -0.1) is 16.4 Å². The lowest BCUT2D eigenvalue weighted by atomic mass is 10.1. The Bertz CT molecular complexity index is 1690. The average molecular weight is 607 g/mol. The molecule has 1 fully saturated rings. The summed E-state index contributed by atoms with van der Waals surface area (Å²) in [5, 5.41) is 19.8. The molecular formula is C26H26N10O4S2. The number of nitrogen functional groups attached to an aromatic ring is 1. The number of anilines is 1. The summed E-state index contributed by atoms with van der Waals surface area (Å²) in [5.74, 6) is 1.07. The van der Waals surface area contributed by atoms with Crippen molar-refractivity contribution in [3.63, 3.8) is 0 Å². The van der Waals surface area contributed by atoms with Gasteiger partial charge >= 0.3 is 0 Å². The van der Waals surface area contributed by atoms with E-state index in [-0.39, 0.29) is 17.3 Å². The van der Waals surface area contributed by atoms with Crippen molar-refractivity contribution in [2.24, 2.45) is 5.10 Å². The molecule has 3 aromatic heterocycles. The Hall–Kier alpha value is -4.38. The summed E-state index contributed by atoms with van der Waals surface area (Å²) >= 11 is 3.30. The van der Waals surface area contributed by atoms with Crippen LogP contribution >= 0.6 is 23.1 Å². The topological polar surface area (TPSA) is 172 Å². The Morgan fingerprint density at radius 3 is 2.88 bits per heavy atom. The summed E-state index contributed by atoms with van der Waals surface area (Å²) in [4.78, 5) is 20.0. The molecule has 0 unspecified atom stereocenters. The second-order valence-electron chi connectivity index (χ2n) is 9.16. The summed E-state index contributed by atoms with van der Waals surface area (Å²) in [5.41, 5.74) is 11.8. The number of rotatable bonds is 10. The highest BCUT2D eigenvalue weighted by Crippen LogP contribution is 2.33. The molecule has 16 heteroatoms. The number of nitrogens with two attached hydrogens (primary N) is 1. The van der Waals surface area contributed by atoms with Gasteiger partial charge in [-0.05, 0) is 46.2 Å². The first-order chi connectivity index (χ1) is 20.6. The molecule has 5 aromatic rings. The van der Waals surface area contributed by atoms with E-state index in [9.17, 15) is 4.79 Å². The van der Waals surface area contributed by atoms with Gasteiger partial charge in [-0.1, -0.05) is 29.1 Å². The molecule has 42 heavy (non-hydrogen) atoms. The first-order valence-corrected chi connectivity index (χ1v) is 14.7. The summed E-state index contributed by atoms with van der Waals surface area (Å²) in [7, 11) is 1.64. The Kier molecular flexibility index (Phi) is 8.36. The zero-order valence-electron chi connectivity index (χ0n) is 22.5. The van der Waals surface area contributed by atoms with Gasteiger partial charge in [0, 0.05) is 31.0 Å². The van der Waals surface area contributed by atoms with E-state index in [0.717, 1.165) is 31.4 Å². The number of amides is 1. The van der Waals surface area contributed by atoms with Crippen LogP contribution in [0.1, 0.15) is 27.3 Å². The fourth-order valence-electron chi connectivity index (χ4n) is 4.36. The Morgan fingerprint density at radius 1 is 1.24 bits per heavy atom. The summed E-state index contributed by atoms with van der Waals surface area (Å²) in [6.07, 6.45) is 1.56. The number of hydrogen-bond donors (Lipinski definition) is 2. The molecule has 0 aliphatic carbocycles. The number of thiazole rings is 1. The van der Waals surface area contributed by atoms with Gasteiger partial charge in [-0.2, -0.15) is 9.78 Å². The number of nitrogens with one attached hydrogen (secondary N) is 1. The molecule has 2 aromatic carbocycles. The second kappa shape index (κ2) is 12.6. The van der Waals surface area contributed by atoms with E-state index >= 15 is 0 Å². The van der Waals surface area contributed by atoms with Crippen LogP contribution < -0.4 is 15.9 Å². The van der Waals surface area contributed by atoms with Crippen molar-refractivity contribution >= 4 is 51.3 Å². The van der Waals surface area contributed by atoms with Crippen molar-refractivity contribution in [3.8, 4) is 11.6 Å². The van der Waals surface area contributed by atoms with E-state index in [4.69, 9.17) is 24.8 Å². The third-order valence-electron chi connectivity index (χ3n) is 6.46. The minimum absolute atomic E-state index is 0.0321. The van der Waals surface area contributed by atoms with Crippen LogP contribution in [0, 0.1) is 0 Å². The predicted molar refractivity (Wildman–Crippen MR) is 157 cm³/mol. The second-order valence-corrected chi connectivity index (χ2v) is 11.4. The number of nitrogens with zero attached hydrogens (tertiary/aromatic N) is 8. The molecule has 1 amide bonds. The van der Waals surface area contributed by atoms with Crippen molar-refractivity contribution in [1.29, 1.82) is 0 Å². The number of hydrogen-bond acceptors (Lipinski definition) is 14. The van der Waals surface area contributed by atoms with Gasteiger partial charge in [0.1, 0.15) is 5.75 Å². The number of ether oxygens (including phenoxy) is 2. The standard InChI is InChI=1S/C26H26N10O4S2/c1-38-20-7-6-16(12-17(20)15-41-26-29-18-4-2-3-5-21(18)42-26)13-28-31-25(37)22-19(14-35-8-10-39-11-9-35)36(34-30-22)24-23(27)32-40-33-24/h2-7,12-13H,8-11,14-15H2,1H3,(H2,27,32)(H,31,37). The zero-order chi connectivity index (χ0) is 28.9. The lowest BCUT2D eigenvalue weighted by Crippen LogP contribution is -2.37. The first kappa shape index (κ1) is 27.8. The highest BCUT2D eigenvalue weighted by molar-refractivity contribution is 8.00. The molecule has 6 rings (SSSR count). The number of benzene rings is 2. The van der Waals surface area contributed by atoms with Crippen LogP contribution in [0.2, 0.25) is 0 Å². The van der Waals surface area contributed by atoms with Crippen molar-refractivity contribution in [1.82, 2.24) is 40.6 Å². The molecule has 1 aliphatic rings. The third-order valence-corrected chi connectivity index (χ3v) is 8.69. The predicted octanol–water partition coefficient (Wildman–Crippen LogP) is 2.74. The number of methoxy groups -OCH3 is 1. The zero-order valence-corrected chi connectivity index (χ0v) is 24.1. The Morgan fingerprint density at radius 2 is 2.10 bits per heavy atom. The molecule has 0 spiro atoms. The number of carbonyl (C=O) groups excluding carboxylic acids is 1. The Labute approximate surface area is 247 Å². The number of hydrazone groups is 1. The van der Waals surface area contributed by atoms with Gasteiger partial charge < -0.3 is 15.2 Å². The van der Waals surface area contributed by atoms with Crippen LogP contribution in [0.3, 0.4) is 0 Å². The van der Waals surface area contributed by atoms with Gasteiger partial charge in [-0.25, -0.2) is 15.0 Å². The first-order valence-electron chi connectivity index (χ1n) is 12.9. The normalized spacial score (nSPS) is 14.1. The quantitative estimate of drug-likeness (QED) is 0.135. The van der Waals surface area contributed by atoms with E-state index in [1.54, 1.807) is 36.4 Å². The number of thioether (sulfide) groups is 1. The molecule has 0 bridgehead atoms. The molecule has 14 nitrogen and oxygen atoms in total. The lowest BCUT2D eigenvalue weighted by Gasteiger charge is -2.26. The fourth-order valence-corrected chi connectivity index (χ4v) is 6.41. The molecule has 0 atom stereocenters. The molecule has 4 heterocycles. The van der Waals surface area contributed by atoms with Crippen LogP contribution in [0.4, 0.5) is 5.82 Å². The van der Waals surface area contributed by atoms with E-state index < -0.39 is 5.91 Å². The monoisotopic (exact) mass is 606 g/mol. The minimum atomic E-state index is -0.532. The maximum atomic E-state index is 13.2. The molecular weight excluding hydrogens is 580 g/mol. The Balaban J connectivity index is 1.16. The smallest absolute Gasteiger partial charge is 0.293 e. The number of fused-ring (bicyclic) bond motifs is 1. The molecule has 1 aliphatic heterocycles. The summed E-state index contributed by atoms with van der Waals surface area (Å²) in [6, 6.07) is 13.8. The fraction of sp³-hybridized carbons (Fsp3) is 0.269. The molecule has 3 N–H and O–H groups in total. The highest BCUT2D eigenvalue weighted by atomic mass is 32.2. The number of morpholine rings is 1. The van der Waals surface area contributed by atoms with Crippen LogP contribution in [-0.4, -0.2) is 80.7 Å². The van der Waals surface area contributed by atoms with Gasteiger partial charge in [-0.3, -0.25) is 9.69 Å². The molecule has 0 radical (unpaired) electrons. The van der Waals surface area contributed by atoms with Crippen molar-refractivity contribution in [2.45, 2.75) is 16.6 Å². The number of aromatic nitrogens is 6. The van der Waals surface area contributed by atoms with Gasteiger partial charge in [0.25, 0.3) is 5.91 Å². The van der Waals surface area contributed by atoms with Crippen LogP contribution in [0.25, 0.3) is 16.0 Å². The van der Waals surface area contributed by atoms with Crippen molar-refractivity contribution in [3.05, 3.63) is 65.0 Å². The van der Waals surface area contributed by atoms with Gasteiger partial charge in [0.15, 0.2) is 10.0 Å². The highest BCUT2D eigenvalue weighted by Gasteiger charge is 2.26. The van der Waals surface area contributed by atoms with Crippen molar-refractivity contribution < 1.29 is 18.9 Å². The average Bonchev–Trinajstić information content (AvgIpc) is 3.74. The largest absolute Gasteiger partial charge is 0.496 e. The lowest BCUT2D eigenvalue weighted by molar-refractivity contribution is 0.0332. The van der Waals surface area contributed by atoms with E-state index in [0.29, 0.717) is 44.3 Å². The van der Waals surface area contributed by atoms with E-state index in [1.165, 1.54) is 4.68 Å². The third kappa shape index (κ3) is 6.11. The maximum Gasteiger partial charge on any atom is 0.293 e. The maximum absolute atomic E-state index is 13.2. The summed E-state index contributed by atoms with van der Waals surface area (Å²) < 4.78 is 19.2. The summed E-state index contributed by atoms with van der Waals surface area (Å²) in [6.45, 7) is 2.92. The van der Waals surface area contributed by atoms with Crippen molar-refractivity contribution in [2.75, 3.05) is 39.1 Å². The van der Waals surface area contributed by atoms with E-state index in [1.807, 2.05) is 36.4 Å². The number of para-hydroxylation sites is 1. The molecule has 216 valence electrons. The minimum Gasteiger partial charge on any atom is -0.496 e. The molecule has 0 saturated carbocycles. The van der Waals surface area contributed by atoms with E-state index in [2.05, 4.69) is 42.1 Å². The van der Waals surface area contributed by atoms with Gasteiger partial charge in [0.05, 0.1) is 42.4 Å². The van der Waals surface area contributed by atoms with Gasteiger partial charge in [0.2, 0.25) is 11.6 Å². The SMILES string of the molecule is COc1ccc(C=NNC(=O)c2nnn(-c3nonc3N)c2CN2CCOCC2)cc1CSc1nc2ccccc2s1. The number of carbonyl (C=O) groups is 1. The van der Waals surface area contributed by atoms with Crippen LogP contribution in [0.15, 0.2) is 56.5 Å².